The van der Waals surface area contributed by atoms with Crippen molar-refractivity contribution in [3.8, 4) is 0 Å². The highest BCUT2D eigenvalue weighted by Gasteiger charge is 2.28. The molecule has 1 aliphatic rings. The van der Waals surface area contributed by atoms with Gasteiger partial charge in [0.05, 0.1) is 0 Å². The van der Waals surface area contributed by atoms with Gasteiger partial charge in [0.25, 0.3) is 10.2 Å². The highest BCUT2D eigenvalue weighted by atomic mass is 32.2. The van der Waals surface area contributed by atoms with E-state index >= 15 is 0 Å². The Morgan fingerprint density at radius 1 is 1.30 bits per heavy atom. The third-order valence-corrected chi connectivity index (χ3v) is 5.49. The lowest BCUT2D eigenvalue weighted by molar-refractivity contribution is 0.253. The van der Waals surface area contributed by atoms with Gasteiger partial charge in [-0.25, -0.2) is 4.72 Å². The number of hydrogen-bond acceptors (Lipinski definition) is 3. The Balaban J connectivity index is 2.48. The SMILES string of the molecule is CCC(C)CNS(=O)(=O)N1CCCC(CNC(C)C)C1. The Labute approximate surface area is 124 Å². The van der Waals surface area contributed by atoms with Gasteiger partial charge in [0, 0.05) is 25.7 Å². The van der Waals surface area contributed by atoms with E-state index < -0.39 is 10.2 Å². The fourth-order valence-corrected chi connectivity index (χ4v) is 3.75. The minimum Gasteiger partial charge on any atom is -0.314 e. The molecule has 0 radical (unpaired) electrons. The van der Waals surface area contributed by atoms with Crippen LogP contribution in [0.2, 0.25) is 0 Å². The van der Waals surface area contributed by atoms with E-state index in [1.807, 2.05) is 0 Å². The summed E-state index contributed by atoms with van der Waals surface area (Å²) in [6.45, 7) is 11.1. The first-order chi connectivity index (χ1) is 9.35. The third kappa shape index (κ3) is 6.08. The monoisotopic (exact) mass is 305 g/mol. The third-order valence-electron chi connectivity index (χ3n) is 3.95. The molecule has 1 fully saturated rings. The van der Waals surface area contributed by atoms with Gasteiger partial charge in [0.15, 0.2) is 0 Å². The second kappa shape index (κ2) is 8.32. The van der Waals surface area contributed by atoms with Crippen molar-refractivity contribution in [1.29, 1.82) is 0 Å². The van der Waals surface area contributed by atoms with Crippen molar-refractivity contribution < 1.29 is 8.42 Å². The summed E-state index contributed by atoms with van der Waals surface area (Å²) in [6.07, 6.45) is 3.05. The molecule has 5 nitrogen and oxygen atoms in total. The van der Waals surface area contributed by atoms with Gasteiger partial charge in [0.2, 0.25) is 0 Å². The summed E-state index contributed by atoms with van der Waals surface area (Å²) in [4.78, 5) is 0. The van der Waals surface area contributed by atoms with Crippen LogP contribution in [0.15, 0.2) is 0 Å². The van der Waals surface area contributed by atoms with Gasteiger partial charge in [-0.05, 0) is 31.2 Å². The molecule has 0 bridgehead atoms. The fourth-order valence-electron chi connectivity index (χ4n) is 2.30. The van der Waals surface area contributed by atoms with Gasteiger partial charge in [0.1, 0.15) is 0 Å². The summed E-state index contributed by atoms with van der Waals surface area (Å²) < 4.78 is 28.9. The zero-order valence-corrected chi connectivity index (χ0v) is 14.2. The molecular formula is C14H31N3O2S. The molecule has 0 aromatic rings. The molecule has 2 N–H and O–H groups in total. The van der Waals surface area contributed by atoms with Crippen LogP contribution in [0.25, 0.3) is 0 Å². The molecule has 6 heteroatoms. The quantitative estimate of drug-likeness (QED) is 0.716. The molecule has 1 heterocycles. The zero-order chi connectivity index (χ0) is 15.2. The molecule has 0 spiro atoms. The first-order valence-electron chi connectivity index (χ1n) is 7.83. The molecule has 2 unspecified atom stereocenters. The maximum absolute atomic E-state index is 12.3. The van der Waals surface area contributed by atoms with E-state index in [2.05, 4.69) is 37.7 Å². The van der Waals surface area contributed by atoms with Crippen LogP contribution in [-0.4, -0.2) is 44.9 Å². The smallest absolute Gasteiger partial charge is 0.279 e. The molecule has 20 heavy (non-hydrogen) atoms. The largest absolute Gasteiger partial charge is 0.314 e. The Morgan fingerprint density at radius 3 is 2.60 bits per heavy atom. The van der Waals surface area contributed by atoms with E-state index in [4.69, 9.17) is 0 Å². The van der Waals surface area contributed by atoms with Crippen molar-refractivity contribution >= 4 is 10.2 Å². The van der Waals surface area contributed by atoms with Crippen molar-refractivity contribution in [3.05, 3.63) is 0 Å². The topological polar surface area (TPSA) is 61.4 Å². The van der Waals surface area contributed by atoms with Gasteiger partial charge >= 0.3 is 0 Å². The molecular weight excluding hydrogens is 274 g/mol. The molecule has 0 saturated carbocycles. The fraction of sp³-hybridized carbons (Fsp3) is 1.00. The number of rotatable bonds is 8. The number of nitrogens with one attached hydrogen (secondary N) is 2. The maximum atomic E-state index is 12.3. The van der Waals surface area contributed by atoms with Crippen LogP contribution in [0.3, 0.4) is 0 Å². The minimum atomic E-state index is -3.30. The van der Waals surface area contributed by atoms with Crippen LogP contribution >= 0.6 is 0 Å². The van der Waals surface area contributed by atoms with Gasteiger partial charge in [-0.1, -0.05) is 34.1 Å². The number of nitrogens with zero attached hydrogens (tertiary/aromatic N) is 1. The van der Waals surface area contributed by atoms with E-state index in [0.29, 0.717) is 37.5 Å². The molecule has 0 amide bonds. The molecule has 0 aliphatic carbocycles. The van der Waals surface area contributed by atoms with Crippen molar-refractivity contribution in [3.63, 3.8) is 0 Å². The Kier molecular flexibility index (Phi) is 7.43. The molecule has 0 aromatic heterocycles. The standard InChI is InChI=1S/C14H31N3O2S/c1-5-13(4)9-16-20(18,19)17-8-6-7-14(11-17)10-15-12(2)3/h12-16H,5-11H2,1-4H3. The average molecular weight is 305 g/mol. The van der Waals surface area contributed by atoms with Crippen molar-refractivity contribution in [2.45, 2.75) is 53.0 Å². The van der Waals surface area contributed by atoms with Gasteiger partial charge in [-0.3, -0.25) is 0 Å². The lowest BCUT2D eigenvalue weighted by Gasteiger charge is -2.32. The maximum Gasteiger partial charge on any atom is 0.279 e. The molecule has 1 aliphatic heterocycles. The summed E-state index contributed by atoms with van der Waals surface area (Å²) in [5.41, 5.74) is 0. The Morgan fingerprint density at radius 2 is 2.00 bits per heavy atom. The van der Waals surface area contributed by atoms with E-state index in [1.54, 1.807) is 4.31 Å². The summed E-state index contributed by atoms with van der Waals surface area (Å²) in [7, 11) is -3.30. The van der Waals surface area contributed by atoms with Crippen molar-refractivity contribution in [1.82, 2.24) is 14.3 Å². The van der Waals surface area contributed by atoms with Crippen LogP contribution < -0.4 is 10.0 Å². The average Bonchev–Trinajstić information content (AvgIpc) is 2.43. The first kappa shape index (κ1) is 17.9. The van der Waals surface area contributed by atoms with Crippen molar-refractivity contribution in [2.24, 2.45) is 11.8 Å². The van der Waals surface area contributed by atoms with Gasteiger partial charge in [-0.2, -0.15) is 12.7 Å². The van der Waals surface area contributed by atoms with E-state index in [1.165, 1.54) is 0 Å². The Bertz CT molecular complexity index is 371. The lowest BCUT2D eigenvalue weighted by atomic mass is 9.99. The highest BCUT2D eigenvalue weighted by Crippen LogP contribution is 2.18. The molecule has 1 rings (SSSR count). The van der Waals surface area contributed by atoms with Gasteiger partial charge < -0.3 is 5.32 Å². The van der Waals surface area contributed by atoms with Gasteiger partial charge in [-0.15, -0.1) is 0 Å². The predicted molar refractivity (Wildman–Crippen MR) is 83.8 cm³/mol. The second-order valence-corrected chi connectivity index (χ2v) is 8.05. The predicted octanol–water partition coefficient (Wildman–Crippen LogP) is 1.58. The number of piperidine rings is 1. The molecule has 1 saturated heterocycles. The molecule has 120 valence electrons. The van der Waals surface area contributed by atoms with Crippen LogP contribution in [0.5, 0.6) is 0 Å². The van der Waals surface area contributed by atoms with Crippen LogP contribution in [0, 0.1) is 11.8 Å². The van der Waals surface area contributed by atoms with Crippen LogP contribution in [-0.2, 0) is 10.2 Å². The van der Waals surface area contributed by atoms with Crippen molar-refractivity contribution in [2.75, 3.05) is 26.2 Å². The number of hydrogen-bond donors (Lipinski definition) is 2. The molecule has 0 aromatic carbocycles. The first-order valence-corrected chi connectivity index (χ1v) is 9.27. The Hall–Kier alpha value is -0.170. The second-order valence-electron chi connectivity index (χ2n) is 6.30. The summed E-state index contributed by atoms with van der Waals surface area (Å²) >= 11 is 0. The summed E-state index contributed by atoms with van der Waals surface area (Å²) in [5, 5.41) is 3.40. The summed E-state index contributed by atoms with van der Waals surface area (Å²) in [6, 6.07) is 0.450. The molecule has 2 atom stereocenters. The zero-order valence-electron chi connectivity index (χ0n) is 13.4. The van der Waals surface area contributed by atoms with E-state index in [9.17, 15) is 8.42 Å². The lowest BCUT2D eigenvalue weighted by Crippen LogP contribution is -2.48. The highest BCUT2D eigenvalue weighted by molar-refractivity contribution is 7.87. The van der Waals surface area contributed by atoms with E-state index in [-0.39, 0.29) is 0 Å². The van der Waals surface area contributed by atoms with Crippen LogP contribution in [0.4, 0.5) is 0 Å². The summed E-state index contributed by atoms with van der Waals surface area (Å²) in [5.74, 6) is 0.805. The van der Waals surface area contributed by atoms with Crippen LogP contribution in [0.1, 0.15) is 47.0 Å². The minimum absolute atomic E-state index is 0.382. The normalized spacial score (nSPS) is 23.1. The van der Waals surface area contributed by atoms with E-state index in [0.717, 1.165) is 25.8 Å².